The normalized spacial score (nSPS) is 13.7. The van der Waals surface area contributed by atoms with E-state index in [1.807, 2.05) is 6.07 Å². The molecule has 0 aromatic heterocycles. The minimum Gasteiger partial charge on any atom is -0.307 e. The molecular formula is C40H25BF24N+. The van der Waals surface area contributed by atoms with Crippen molar-refractivity contribution in [2.45, 2.75) is 49.4 Å². The minimum absolute atomic E-state index is 0. The molecule has 1 nitrogen and oxygen atoms in total. The second kappa shape index (κ2) is 17.6. The SMILES string of the molecule is C[NH+](C)c1ccccc1.FC(F)(F)c1cc([B-](c2cc(C(F)(F)F)cc(C(F)(F)F)c2)(c2cc(C(F)(F)F)cc(C(F)(F)F)c2)c2cc(C(F)(F)F)cc(C(F)(F)F)c2)cc(C(F)(F)F)c1.[H+]. The molecule has 5 aromatic rings. The number of nitrogens with one attached hydrogen (secondary N) is 1. The first-order valence-electron chi connectivity index (χ1n) is 17.8. The van der Waals surface area contributed by atoms with E-state index in [2.05, 4.69) is 38.4 Å². The van der Waals surface area contributed by atoms with Gasteiger partial charge in [-0.1, -0.05) is 66.7 Å². The lowest BCUT2D eigenvalue weighted by molar-refractivity contribution is -0.786. The van der Waals surface area contributed by atoms with Gasteiger partial charge in [0.1, 0.15) is 11.8 Å². The third-order valence-corrected chi connectivity index (χ3v) is 9.79. The van der Waals surface area contributed by atoms with Gasteiger partial charge in [-0.2, -0.15) is 127 Å². The van der Waals surface area contributed by atoms with E-state index in [1.165, 1.54) is 10.6 Å². The molecule has 0 fully saturated rings. The summed E-state index contributed by atoms with van der Waals surface area (Å²) >= 11 is 0. The standard InChI is InChI=1S/C32H12BF24.C8H11N/c34-25(35,36)13-1-14(26(37,38)39)6-21(5-13)33(22-7-15(27(40,41)42)2-16(8-22)28(43,44)45,23-9-17(29(46,47)48)3-18(10-23)30(49,50)51)24-11-19(31(52,53)54)4-20(12-24)32(55,56)57;1-9(2)8-6-4-3-5-7-8/h1-12H;3-7H,1-2H3/q-1;/p+2. The van der Waals surface area contributed by atoms with Crippen molar-refractivity contribution in [2.24, 2.45) is 0 Å². The molecule has 26 heteroatoms. The summed E-state index contributed by atoms with van der Waals surface area (Å²) in [7, 11) is 4.24. The molecule has 0 heterocycles. The maximum atomic E-state index is 14.2. The molecule has 0 aliphatic rings. The zero-order chi connectivity index (χ0) is 50.6. The molecule has 0 radical (unpaired) electrons. The van der Waals surface area contributed by atoms with Crippen LogP contribution in [0.5, 0.6) is 0 Å². The van der Waals surface area contributed by atoms with E-state index in [0.29, 0.717) is 0 Å². The Morgan fingerprint density at radius 3 is 0.576 bits per heavy atom. The minimum atomic E-state index is -6.13. The summed E-state index contributed by atoms with van der Waals surface area (Å²) in [4.78, 5) is 1.37. The number of para-hydroxylation sites is 1. The number of rotatable bonds is 5. The number of hydrogen-bond acceptors (Lipinski definition) is 0. The summed E-state index contributed by atoms with van der Waals surface area (Å²) in [5.41, 5.74) is -28.9. The molecule has 1 N–H and O–H groups in total. The van der Waals surface area contributed by atoms with Crippen molar-refractivity contribution in [1.29, 1.82) is 0 Å². The molecule has 0 aliphatic carbocycles. The fourth-order valence-corrected chi connectivity index (χ4v) is 6.84. The lowest BCUT2D eigenvalue weighted by atomic mass is 9.12. The molecule has 0 aliphatic heterocycles. The van der Waals surface area contributed by atoms with Crippen LogP contribution in [0.2, 0.25) is 0 Å². The molecule has 66 heavy (non-hydrogen) atoms. The van der Waals surface area contributed by atoms with Crippen molar-refractivity contribution in [2.75, 3.05) is 14.1 Å². The van der Waals surface area contributed by atoms with Gasteiger partial charge in [0.25, 0.3) is 0 Å². The largest absolute Gasteiger partial charge is 1.00 e. The first-order valence-corrected chi connectivity index (χ1v) is 17.8. The average Bonchev–Trinajstić information content (AvgIpc) is 3.15. The van der Waals surface area contributed by atoms with Crippen LogP contribution in [-0.4, -0.2) is 20.2 Å². The van der Waals surface area contributed by atoms with Crippen LogP contribution in [0.1, 0.15) is 45.9 Å². The molecule has 5 aromatic carbocycles. The maximum absolute atomic E-state index is 14.2. The number of halogens is 24. The maximum Gasteiger partial charge on any atom is 1.00 e. The van der Waals surface area contributed by atoms with Gasteiger partial charge in [-0.3, -0.25) is 0 Å². The molecule has 0 atom stereocenters. The van der Waals surface area contributed by atoms with Crippen LogP contribution in [0.25, 0.3) is 0 Å². The van der Waals surface area contributed by atoms with E-state index in [9.17, 15) is 105 Å². The first kappa shape index (κ1) is 53.1. The quantitative estimate of drug-likeness (QED) is 0.132. The highest BCUT2D eigenvalue weighted by atomic mass is 19.4. The van der Waals surface area contributed by atoms with E-state index in [4.69, 9.17) is 0 Å². The Bertz CT molecular complexity index is 2070. The zero-order valence-corrected chi connectivity index (χ0v) is 32.5. The van der Waals surface area contributed by atoms with Crippen LogP contribution in [0, 0.1) is 0 Å². The van der Waals surface area contributed by atoms with Gasteiger partial charge in [0.15, 0.2) is 0 Å². The molecule has 0 saturated heterocycles. The highest BCUT2D eigenvalue weighted by Gasteiger charge is 2.47. The molecule has 0 amide bonds. The third kappa shape index (κ3) is 12.1. The smallest absolute Gasteiger partial charge is 0.307 e. The van der Waals surface area contributed by atoms with Crippen LogP contribution < -0.4 is 26.8 Å². The Kier molecular flexibility index (Phi) is 14.1. The predicted molar refractivity (Wildman–Crippen MR) is 190 cm³/mol. The average molecular weight is 986 g/mol. The summed E-state index contributed by atoms with van der Waals surface area (Å²) in [6.45, 7) is 0. The molecule has 5 rings (SSSR count). The number of quaternary nitrogens is 1. The molecule has 0 bridgehead atoms. The van der Waals surface area contributed by atoms with Gasteiger partial charge in [-0.15, -0.1) is 0 Å². The summed E-state index contributed by atoms with van der Waals surface area (Å²) in [6.07, 6.45) is -54.8. The first-order chi connectivity index (χ1) is 29.6. The highest BCUT2D eigenvalue weighted by molar-refractivity contribution is 7.20. The Morgan fingerprint density at radius 1 is 0.288 bits per heavy atom. The number of alkyl halides is 24. The monoisotopic (exact) mass is 986 g/mol. The van der Waals surface area contributed by atoms with E-state index in [-0.39, 0.29) is 1.43 Å². The molecule has 0 spiro atoms. The van der Waals surface area contributed by atoms with Crippen LogP contribution in [0.15, 0.2) is 103 Å². The van der Waals surface area contributed by atoms with Crippen molar-refractivity contribution >= 4 is 33.7 Å². The summed E-state index contributed by atoms with van der Waals surface area (Å²) in [5, 5.41) is 0. The van der Waals surface area contributed by atoms with Gasteiger partial charge < -0.3 is 4.90 Å². The van der Waals surface area contributed by atoms with Crippen LogP contribution in [0.3, 0.4) is 0 Å². The van der Waals surface area contributed by atoms with E-state index in [1.54, 1.807) is 0 Å². The zero-order valence-electron chi connectivity index (χ0n) is 33.5. The van der Waals surface area contributed by atoms with Crippen molar-refractivity contribution in [3.05, 3.63) is 148 Å². The third-order valence-electron chi connectivity index (χ3n) is 9.79. The Balaban J connectivity index is 0.00000106. The predicted octanol–water partition coefficient (Wildman–Crippen LogP) is 11.8. The molecule has 0 saturated carbocycles. The van der Waals surface area contributed by atoms with E-state index < -0.39 is 195 Å². The van der Waals surface area contributed by atoms with Crippen molar-refractivity contribution in [1.82, 2.24) is 0 Å². The molecular weight excluding hydrogens is 961 g/mol. The number of hydrogen-bond donors (Lipinski definition) is 1. The number of benzene rings is 5. The lowest BCUT2D eigenvalue weighted by Crippen LogP contribution is -3.00. The summed E-state index contributed by atoms with van der Waals surface area (Å²) < 4.78 is 341. The van der Waals surface area contributed by atoms with Crippen molar-refractivity contribution in [3.8, 4) is 0 Å². The van der Waals surface area contributed by atoms with Gasteiger partial charge in [0.2, 0.25) is 0 Å². The van der Waals surface area contributed by atoms with Crippen molar-refractivity contribution < 1.29 is 112 Å². The molecule has 0 unspecified atom stereocenters. The Morgan fingerprint density at radius 2 is 0.455 bits per heavy atom. The second-order valence-corrected chi connectivity index (χ2v) is 14.6. The molecule has 360 valence electrons. The van der Waals surface area contributed by atoms with Gasteiger partial charge >= 0.3 is 50.8 Å². The van der Waals surface area contributed by atoms with Crippen LogP contribution >= 0.6 is 0 Å². The summed E-state index contributed by atoms with van der Waals surface area (Å²) in [5.74, 6) is 0. The van der Waals surface area contributed by atoms with Crippen molar-refractivity contribution in [3.63, 3.8) is 0 Å². The van der Waals surface area contributed by atoms with Gasteiger partial charge in [-0.25, -0.2) is 0 Å². The van der Waals surface area contributed by atoms with E-state index in [0.717, 1.165) is 0 Å². The fourth-order valence-electron chi connectivity index (χ4n) is 6.84. The lowest BCUT2D eigenvalue weighted by Gasteiger charge is -2.46. The second-order valence-electron chi connectivity index (χ2n) is 14.6. The van der Waals surface area contributed by atoms with Gasteiger partial charge in [0, 0.05) is 0 Å². The highest BCUT2D eigenvalue weighted by Crippen LogP contribution is 2.41. The topological polar surface area (TPSA) is 4.44 Å². The van der Waals surface area contributed by atoms with Crippen LogP contribution in [0.4, 0.5) is 111 Å². The van der Waals surface area contributed by atoms with E-state index >= 15 is 0 Å². The summed E-state index contributed by atoms with van der Waals surface area (Å²) in [6, 6.07) is 1.58. The van der Waals surface area contributed by atoms with Gasteiger partial charge in [0.05, 0.1) is 58.6 Å². The Hall–Kier alpha value is -5.56. The van der Waals surface area contributed by atoms with Crippen LogP contribution in [-0.2, 0) is 49.4 Å². The Labute approximate surface area is 356 Å². The van der Waals surface area contributed by atoms with Gasteiger partial charge in [-0.05, 0) is 36.4 Å². The fraction of sp³-hybridized carbons (Fsp3) is 0.250.